The molecule has 0 aliphatic carbocycles. The second-order valence-corrected chi connectivity index (χ2v) is 7.08. The van der Waals surface area contributed by atoms with E-state index in [1.165, 1.54) is 18.0 Å². The van der Waals surface area contributed by atoms with Crippen LogP contribution in [0.5, 0.6) is 5.75 Å². The average Bonchev–Trinajstić information content (AvgIpc) is 3.11. The smallest absolute Gasteiger partial charge is 0.250 e. The van der Waals surface area contributed by atoms with Gasteiger partial charge in [-0.2, -0.15) is 5.10 Å². The van der Waals surface area contributed by atoms with Crippen molar-refractivity contribution >= 4 is 35.5 Å². The molecule has 1 aromatic heterocycles. The molecule has 3 aromatic rings. The summed E-state index contributed by atoms with van der Waals surface area (Å²) < 4.78 is 1.94. The lowest BCUT2D eigenvalue weighted by Crippen LogP contribution is -2.20. The molecule has 1 heterocycles. The van der Waals surface area contributed by atoms with Gasteiger partial charge in [0.1, 0.15) is 5.75 Å². The summed E-state index contributed by atoms with van der Waals surface area (Å²) in [6.45, 7) is 2.66. The molecule has 0 aliphatic heterocycles. The van der Waals surface area contributed by atoms with E-state index in [0.29, 0.717) is 22.3 Å². The van der Waals surface area contributed by atoms with Crippen molar-refractivity contribution in [3.05, 3.63) is 59.1 Å². The number of carbonyl (C=O) groups is 1. The molecule has 9 heteroatoms. The second kappa shape index (κ2) is 9.38. The van der Waals surface area contributed by atoms with E-state index in [-0.39, 0.29) is 17.4 Å². The Labute approximate surface area is 171 Å². The van der Waals surface area contributed by atoms with Crippen LogP contribution in [0.15, 0.2) is 58.8 Å². The molecule has 2 N–H and O–H groups in total. The first kappa shape index (κ1) is 19.9. The number of hydrogen-bond acceptors (Lipinski definition) is 6. The number of amides is 1. The summed E-state index contributed by atoms with van der Waals surface area (Å²) in [4.78, 5) is 12.0. The number of nitrogens with zero attached hydrogens (tertiary/aromatic N) is 4. The molecule has 3 rings (SSSR count). The number of phenolic OH excluding ortho intramolecular Hbond substituents is 1. The molecule has 1 amide bonds. The lowest BCUT2D eigenvalue weighted by molar-refractivity contribution is -0.118. The molecule has 0 radical (unpaired) electrons. The minimum atomic E-state index is -0.282. The van der Waals surface area contributed by atoms with Gasteiger partial charge in [0.2, 0.25) is 0 Å². The van der Waals surface area contributed by atoms with Crippen molar-refractivity contribution in [2.45, 2.75) is 18.6 Å². The number of phenols is 1. The van der Waals surface area contributed by atoms with Crippen LogP contribution in [0.2, 0.25) is 5.02 Å². The molecule has 0 fully saturated rings. The number of thioether (sulfide) groups is 1. The van der Waals surface area contributed by atoms with Gasteiger partial charge in [0.15, 0.2) is 11.0 Å². The quantitative estimate of drug-likeness (QED) is 0.349. The number of para-hydroxylation sites is 1. The first-order valence-corrected chi connectivity index (χ1v) is 9.86. The monoisotopic (exact) mass is 415 g/mol. The second-order valence-electron chi connectivity index (χ2n) is 5.70. The molecule has 0 atom stereocenters. The maximum Gasteiger partial charge on any atom is 0.250 e. The topological polar surface area (TPSA) is 92.4 Å². The van der Waals surface area contributed by atoms with Gasteiger partial charge < -0.3 is 9.67 Å². The molecule has 7 nitrogen and oxygen atoms in total. The van der Waals surface area contributed by atoms with E-state index in [4.69, 9.17) is 11.6 Å². The van der Waals surface area contributed by atoms with Crippen molar-refractivity contribution in [2.24, 2.45) is 5.10 Å². The van der Waals surface area contributed by atoms with Gasteiger partial charge in [0, 0.05) is 22.7 Å². The number of rotatable bonds is 7. The number of aromatic hydroxyl groups is 1. The van der Waals surface area contributed by atoms with Crippen LogP contribution in [-0.4, -0.2) is 37.7 Å². The van der Waals surface area contributed by atoms with Gasteiger partial charge in [-0.25, -0.2) is 5.43 Å². The molecule has 2 aromatic carbocycles. The van der Waals surface area contributed by atoms with Gasteiger partial charge in [-0.05, 0) is 43.3 Å². The molecular weight excluding hydrogens is 398 g/mol. The Morgan fingerprint density at radius 2 is 2.00 bits per heavy atom. The van der Waals surface area contributed by atoms with Gasteiger partial charge in [-0.15, -0.1) is 10.2 Å². The molecule has 0 bridgehead atoms. The normalized spacial score (nSPS) is 11.1. The summed E-state index contributed by atoms with van der Waals surface area (Å²) in [5.41, 5.74) is 3.86. The highest BCUT2D eigenvalue weighted by atomic mass is 35.5. The molecule has 0 saturated heterocycles. The fourth-order valence-corrected chi connectivity index (χ4v) is 3.35. The summed E-state index contributed by atoms with van der Waals surface area (Å²) in [6.07, 6.45) is 1.39. The fraction of sp³-hybridized carbons (Fsp3) is 0.158. The number of halogens is 1. The van der Waals surface area contributed by atoms with E-state index in [1.807, 2.05) is 23.6 Å². The summed E-state index contributed by atoms with van der Waals surface area (Å²) in [6, 6.07) is 14.1. The summed E-state index contributed by atoms with van der Waals surface area (Å²) in [5.74, 6) is 0.673. The predicted octanol–water partition coefficient (Wildman–Crippen LogP) is 3.57. The van der Waals surface area contributed by atoms with Crippen molar-refractivity contribution in [1.82, 2.24) is 20.2 Å². The number of benzene rings is 2. The molecular formula is C19H18ClN5O2S. The van der Waals surface area contributed by atoms with E-state index in [9.17, 15) is 9.90 Å². The van der Waals surface area contributed by atoms with Gasteiger partial charge in [0.25, 0.3) is 5.91 Å². The summed E-state index contributed by atoms with van der Waals surface area (Å²) in [5, 5.41) is 23.3. The Hall–Kier alpha value is -2.84. The first-order chi connectivity index (χ1) is 13.6. The van der Waals surface area contributed by atoms with Gasteiger partial charge in [-0.3, -0.25) is 4.79 Å². The van der Waals surface area contributed by atoms with Crippen LogP contribution in [0.3, 0.4) is 0 Å². The Kier molecular flexibility index (Phi) is 6.67. The molecule has 0 spiro atoms. The largest absolute Gasteiger partial charge is 0.507 e. The fourth-order valence-electron chi connectivity index (χ4n) is 2.43. The predicted molar refractivity (Wildman–Crippen MR) is 111 cm³/mol. The number of nitrogens with one attached hydrogen (secondary N) is 1. The molecule has 28 heavy (non-hydrogen) atoms. The van der Waals surface area contributed by atoms with Crippen molar-refractivity contribution in [3.63, 3.8) is 0 Å². The van der Waals surface area contributed by atoms with Crippen molar-refractivity contribution in [3.8, 4) is 17.1 Å². The molecule has 0 saturated carbocycles. The number of carbonyl (C=O) groups excluding carboxylic acids is 1. The highest BCUT2D eigenvalue weighted by molar-refractivity contribution is 7.99. The van der Waals surface area contributed by atoms with Crippen molar-refractivity contribution in [1.29, 1.82) is 0 Å². The van der Waals surface area contributed by atoms with Crippen molar-refractivity contribution in [2.75, 3.05) is 5.75 Å². The molecule has 0 aliphatic rings. The number of hydrogen-bond donors (Lipinski definition) is 2. The minimum absolute atomic E-state index is 0.0978. The summed E-state index contributed by atoms with van der Waals surface area (Å²) >= 11 is 7.21. The van der Waals surface area contributed by atoms with Crippen LogP contribution in [0, 0.1) is 0 Å². The van der Waals surface area contributed by atoms with E-state index in [1.54, 1.807) is 36.4 Å². The van der Waals surface area contributed by atoms with E-state index in [0.717, 1.165) is 11.4 Å². The highest BCUT2D eigenvalue weighted by Crippen LogP contribution is 2.25. The van der Waals surface area contributed by atoms with Gasteiger partial charge in [0.05, 0.1) is 12.0 Å². The number of aromatic nitrogens is 3. The van der Waals surface area contributed by atoms with E-state index >= 15 is 0 Å². The Bertz CT molecular complexity index is 988. The number of hydrazone groups is 1. The van der Waals surface area contributed by atoms with Crippen LogP contribution in [0.4, 0.5) is 0 Å². The zero-order chi connectivity index (χ0) is 19.9. The van der Waals surface area contributed by atoms with Crippen LogP contribution >= 0.6 is 23.4 Å². The SMILES string of the molecule is CCn1c(SCC(=O)N/N=C/c2ccccc2O)nnc1-c1ccc(Cl)cc1. The average molecular weight is 416 g/mol. The van der Waals surface area contributed by atoms with Crippen LogP contribution in [-0.2, 0) is 11.3 Å². The third-order valence-electron chi connectivity index (χ3n) is 3.80. The minimum Gasteiger partial charge on any atom is -0.507 e. The third-order valence-corrected chi connectivity index (χ3v) is 5.02. The van der Waals surface area contributed by atoms with E-state index in [2.05, 4.69) is 20.7 Å². The Balaban J connectivity index is 1.60. The van der Waals surface area contributed by atoms with E-state index < -0.39 is 0 Å². The summed E-state index contributed by atoms with van der Waals surface area (Å²) in [7, 11) is 0. The van der Waals surface area contributed by atoms with Crippen molar-refractivity contribution < 1.29 is 9.90 Å². The van der Waals surface area contributed by atoms with Gasteiger partial charge >= 0.3 is 0 Å². The maximum atomic E-state index is 12.0. The van der Waals surface area contributed by atoms with Crippen LogP contribution in [0.1, 0.15) is 12.5 Å². The Morgan fingerprint density at radius 3 is 2.71 bits per heavy atom. The highest BCUT2D eigenvalue weighted by Gasteiger charge is 2.14. The van der Waals surface area contributed by atoms with Crippen LogP contribution in [0.25, 0.3) is 11.4 Å². The third kappa shape index (κ3) is 4.90. The molecule has 144 valence electrons. The lowest BCUT2D eigenvalue weighted by Gasteiger charge is -2.07. The maximum absolute atomic E-state index is 12.0. The first-order valence-electron chi connectivity index (χ1n) is 8.50. The Morgan fingerprint density at radius 1 is 1.25 bits per heavy atom. The zero-order valence-corrected chi connectivity index (χ0v) is 16.6. The molecule has 0 unspecified atom stereocenters. The standard InChI is InChI=1S/C19H18ClN5O2S/c1-2-25-18(13-7-9-15(20)10-8-13)23-24-19(25)28-12-17(27)22-21-11-14-5-3-4-6-16(14)26/h3-11,26H,2,12H2,1H3,(H,22,27)/b21-11+. The van der Waals surface area contributed by atoms with Crippen LogP contribution < -0.4 is 5.43 Å². The van der Waals surface area contributed by atoms with Gasteiger partial charge in [-0.1, -0.05) is 35.5 Å². The zero-order valence-electron chi connectivity index (χ0n) is 15.0. The lowest BCUT2D eigenvalue weighted by atomic mass is 10.2.